The van der Waals surface area contributed by atoms with E-state index in [1.54, 1.807) is 0 Å². The molecule has 1 aromatic carbocycles. The average Bonchev–Trinajstić information content (AvgIpc) is 2.96. The molecule has 0 unspecified atom stereocenters. The third kappa shape index (κ3) is 3.56. The first-order valence-corrected chi connectivity index (χ1v) is 9.14. The molecule has 4 nitrogen and oxygen atoms in total. The summed E-state index contributed by atoms with van der Waals surface area (Å²) in [5.74, 6) is 1.22. The number of ether oxygens (including phenoxy) is 1. The summed E-state index contributed by atoms with van der Waals surface area (Å²) in [6, 6.07) is 5.23. The molecule has 0 saturated heterocycles. The molecule has 9 heteroatoms. The van der Waals surface area contributed by atoms with Crippen LogP contribution < -0.4 is 10.3 Å². The zero-order chi connectivity index (χ0) is 17.3. The fourth-order valence-electron chi connectivity index (χ4n) is 2.34. The van der Waals surface area contributed by atoms with Crippen LogP contribution in [0, 0.1) is 0 Å². The summed E-state index contributed by atoms with van der Waals surface area (Å²) in [6.07, 6.45) is -3.99. The highest BCUT2D eigenvalue weighted by Gasteiger charge is 2.31. The smallest absolute Gasteiger partial charge is 0.406 e. The van der Waals surface area contributed by atoms with Crippen LogP contribution in [0.2, 0.25) is 0 Å². The zero-order valence-corrected chi connectivity index (χ0v) is 14.2. The number of rotatable bonds is 4. The second kappa shape index (κ2) is 6.72. The van der Waals surface area contributed by atoms with Crippen LogP contribution in [0.3, 0.4) is 0 Å². The summed E-state index contributed by atoms with van der Waals surface area (Å²) >= 11 is 2.89. The quantitative estimate of drug-likeness (QED) is 0.600. The van der Waals surface area contributed by atoms with Crippen LogP contribution in [0.1, 0.15) is 12.6 Å². The maximum atomic E-state index is 12.7. The predicted octanol–water partition coefficient (Wildman–Crippen LogP) is 3.89. The molecule has 0 aliphatic carbocycles. The Balaban J connectivity index is 2.04. The molecule has 0 amide bonds. The fraction of sp³-hybridized carbons (Fsp3) is 0.333. The minimum atomic E-state index is -4.74. The minimum absolute atomic E-state index is 0.178. The second-order valence-electron chi connectivity index (χ2n) is 4.88. The van der Waals surface area contributed by atoms with Crippen molar-refractivity contribution in [3.63, 3.8) is 0 Å². The van der Waals surface area contributed by atoms with E-state index < -0.39 is 6.36 Å². The SMILES string of the molecule is CCSc1nc2c(c(=O)n1-c1ccc(OC(F)(F)F)cc1)SCC2. The number of nitrogens with zero attached hydrogens (tertiary/aromatic N) is 2. The largest absolute Gasteiger partial charge is 0.573 e. The van der Waals surface area contributed by atoms with Crippen molar-refractivity contribution in [3.05, 3.63) is 40.3 Å². The molecule has 1 aromatic heterocycles. The van der Waals surface area contributed by atoms with E-state index in [0.29, 0.717) is 15.7 Å². The predicted molar refractivity (Wildman–Crippen MR) is 87.3 cm³/mol. The van der Waals surface area contributed by atoms with Crippen molar-refractivity contribution in [1.29, 1.82) is 0 Å². The number of aryl methyl sites for hydroxylation is 1. The number of benzene rings is 1. The van der Waals surface area contributed by atoms with Crippen LogP contribution in [-0.2, 0) is 6.42 Å². The highest BCUT2D eigenvalue weighted by atomic mass is 32.2. The van der Waals surface area contributed by atoms with Crippen LogP contribution in [0.5, 0.6) is 5.75 Å². The Morgan fingerprint density at radius 2 is 2.04 bits per heavy atom. The van der Waals surface area contributed by atoms with Gasteiger partial charge in [0.05, 0.1) is 16.3 Å². The number of hydrogen-bond acceptors (Lipinski definition) is 5. The van der Waals surface area contributed by atoms with E-state index in [0.717, 1.165) is 23.6 Å². The number of halogens is 3. The van der Waals surface area contributed by atoms with Gasteiger partial charge in [-0.05, 0) is 30.0 Å². The third-order valence-corrected chi connectivity index (χ3v) is 5.20. The van der Waals surface area contributed by atoms with Gasteiger partial charge in [0.2, 0.25) is 0 Å². The third-order valence-electron chi connectivity index (χ3n) is 3.27. The van der Waals surface area contributed by atoms with Crippen molar-refractivity contribution in [2.45, 2.75) is 29.8 Å². The molecule has 0 radical (unpaired) electrons. The van der Waals surface area contributed by atoms with E-state index in [-0.39, 0.29) is 11.3 Å². The highest BCUT2D eigenvalue weighted by Crippen LogP contribution is 2.30. The Bertz CT molecular complexity index is 804. The van der Waals surface area contributed by atoms with E-state index in [1.165, 1.54) is 52.4 Å². The first-order chi connectivity index (χ1) is 11.4. The number of fused-ring (bicyclic) bond motifs is 1. The molecule has 1 aliphatic rings. The molecule has 0 fully saturated rings. The first-order valence-electron chi connectivity index (χ1n) is 7.16. The maximum Gasteiger partial charge on any atom is 0.573 e. The van der Waals surface area contributed by atoms with Crippen LogP contribution in [0.4, 0.5) is 13.2 Å². The molecule has 2 aromatic rings. The Morgan fingerprint density at radius 1 is 1.33 bits per heavy atom. The van der Waals surface area contributed by atoms with E-state index in [1.807, 2.05) is 6.92 Å². The topological polar surface area (TPSA) is 44.1 Å². The number of alkyl halides is 3. The summed E-state index contributed by atoms with van der Waals surface area (Å²) in [6.45, 7) is 1.95. The van der Waals surface area contributed by atoms with Gasteiger partial charge in [-0.15, -0.1) is 24.9 Å². The summed E-state index contributed by atoms with van der Waals surface area (Å²) in [4.78, 5) is 17.9. The summed E-state index contributed by atoms with van der Waals surface area (Å²) in [7, 11) is 0. The van der Waals surface area contributed by atoms with Crippen molar-refractivity contribution < 1.29 is 17.9 Å². The Labute approximate surface area is 144 Å². The van der Waals surface area contributed by atoms with Gasteiger partial charge in [0.25, 0.3) is 5.56 Å². The second-order valence-corrected chi connectivity index (χ2v) is 7.22. The van der Waals surface area contributed by atoms with Crippen molar-refractivity contribution in [3.8, 4) is 11.4 Å². The summed E-state index contributed by atoms with van der Waals surface area (Å²) in [5, 5.41) is 0.549. The average molecular weight is 374 g/mol. The van der Waals surface area contributed by atoms with Crippen LogP contribution >= 0.6 is 23.5 Å². The van der Waals surface area contributed by atoms with Gasteiger partial charge in [0, 0.05) is 12.2 Å². The van der Waals surface area contributed by atoms with Gasteiger partial charge < -0.3 is 4.74 Å². The van der Waals surface area contributed by atoms with Crippen molar-refractivity contribution >= 4 is 23.5 Å². The number of hydrogen-bond donors (Lipinski definition) is 0. The molecule has 0 atom stereocenters. The molecular formula is C15H13F3N2O2S2. The summed E-state index contributed by atoms with van der Waals surface area (Å²) in [5.41, 5.74) is 1.09. The minimum Gasteiger partial charge on any atom is -0.406 e. The molecule has 128 valence electrons. The standard InChI is InChI=1S/C15H13F3N2O2S2/c1-2-23-14-19-11-7-8-24-12(11)13(21)20(14)9-3-5-10(6-4-9)22-15(16,17)18/h3-6H,2,7-8H2,1H3. The normalized spacial score (nSPS) is 13.8. The lowest BCUT2D eigenvalue weighted by atomic mass is 10.3. The van der Waals surface area contributed by atoms with Gasteiger partial charge in [-0.3, -0.25) is 9.36 Å². The monoisotopic (exact) mass is 374 g/mol. The van der Waals surface area contributed by atoms with Crippen molar-refractivity contribution in [1.82, 2.24) is 9.55 Å². The van der Waals surface area contributed by atoms with Gasteiger partial charge >= 0.3 is 6.36 Å². The van der Waals surface area contributed by atoms with E-state index in [2.05, 4.69) is 9.72 Å². The lowest BCUT2D eigenvalue weighted by molar-refractivity contribution is -0.274. The fourth-order valence-corrected chi connectivity index (χ4v) is 4.12. The van der Waals surface area contributed by atoms with Crippen molar-refractivity contribution in [2.75, 3.05) is 11.5 Å². The number of aromatic nitrogens is 2. The Hall–Kier alpha value is -1.61. The molecule has 0 bridgehead atoms. The Kier molecular flexibility index (Phi) is 4.82. The van der Waals surface area contributed by atoms with Gasteiger partial charge in [-0.1, -0.05) is 18.7 Å². The molecule has 0 saturated carbocycles. The summed E-state index contributed by atoms with van der Waals surface area (Å²) < 4.78 is 42.1. The van der Waals surface area contributed by atoms with Crippen LogP contribution in [0.25, 0.3) is 5.69 Å². The number of thioether (sulfide) groups is 2. The molecule has 2 heterocycles. The molecular weight excluding hydrogens is 361 g/mol. The molecule has 24 heavy (non-hydrogen) atoms. The lowest BCUT2D eigenvalue weighted by Gasteiger charge is -2.14. The maximum absolute atomic E-state index is 12.7. The van der Waals surface area contributed by atoms with Crippen LogP contribution in [-0.4, -0.2) is 27.4 Å². The van der Waals surface area contributed by atoms with E-state index in [4.69, 9.17) is 0 Å². The van der Waals surface area contributed by atoms with E-state index in [9.17, 15) is 18.0 Å². The zero-order valence-electron chi connectivity index (χ0n) is 12.6. The van der Waals surface area contributed by atoms with Crippen LogP contribution in [0.15, 0.2) is 39.1 Å². The Morgan fingerprint density at radius 3 is 2.67 bits per heavy atom. The van der Waals surface area contributed by atoms with E-state index >= 15 is 0 Å². The molecule has 0 N–H and O–H groups in total. The lowest BCUT2D eigenvalue weighted by Crippen LogP contribution is -2.24. The molecule has 0 spiro atoms. The van der Waals surface area contributed by atoms with Crippen molar-refractivity contribution in [2.24, 2.45) is 0 Å². The molecule has 1 aliphatic heterocycles. The van der Waals surface area contributed by atoms with Gasteiger partial charge in [0.15, 0.2) is 5.16 Å². The van der Waals surface area contributed by atoms with Gasteiger partial charge in [0.1, 0.15) is 5.75 Å². The first kappa shape index (κ1) is 17.2. The van der Waals surface area contributed by atoms with Gasteiger partial charge in [-0.2, -0.15) is 0 Å². The molecule has 3 rings (SSSR count). The van der Waals surface area contributed by atoms with Gasteiger partial charge in [-0.25, -0.2) is 4.98 Å². The highest BCUT2D eigenvalue weighted by molar-refractivity contribution is 7.99.